The van der Waals surface area contributed by atoms with E-state index in [1.807, 2.05) is 25.2 Å². The van der Waals surface area contributed by atoms with Crippen molar-refractivity contribution < 1.29 is 9.53 Å². The van der Waals surface area contributed by atoms with Crippen molar-refractivity contribution in [3.8, 4) is 0 Å². The van der Waals surface area contributed by atoms with Gasteiger partial charge in [0.1, 0.15) is 11.9 Å². The Morgan fingerprint density at radius 3 is 2.69 bits per heavy atom. The smallest absolute Gasteiger partial charge is 0.316 e. The first-order chi connectivity index (χ1) is 6.24. The van der Waals surface area contributed by atoms with Gasteiger partial charge in [-0.2, -0.15) is 0 Å². The average Bonchev–Trinajstić information content (AvgIpc) is 2.14. The third-order valence-electron chi connectivity index (χ3n) is 1.36. The van der Waals surface area contributed by atoms with Crippen LogP contribution in [0.1, 0.15) is 20.3 Å². The van der Waals surface area contributed by atoms with Gasteiger partial charge in [0.25, 0.3) is 0 Å². The average molecular weight is 247 g/mol. The molecule has 0 radical (unpaired) electrons. The van der Waals surface area contributed by atoms with Gasteiger partial charge in [-0.05, 0) is 18.9 Å². The fourth-order valence-electron chi connectivity index (χ4n) is 0.854. The number of halogens is 1. The molecule has 0 spiro atoms. The predicted octanol–water partition coefficient (Wildman–Crippen LogP) is 2.84. The minimum Gasteiger partial charge on any atom is -0.460 e. The minimum atomic E-state index is -0.230. The SMILES string of the molecule is C/C=C\C(=C/CC)COC(=O)CBr. The van der Waals surface area contributed by atoms with Crippen LogP contribution in [-0.2, 0) is 9.53 Å². The van der Waals surface area contributed by atoms with E-state index in [-0.39, 0.29) is 11.3 Å². The van der Waals surface area contributed by atoms with E-state index in [2.05, 4.69) is 22.9 Å². The molecular weight excluding hydrogens is 232 g/mol. The normalized spacial score (nSPS) is 12.1. The van der Waals surface area contributed by atoms with E-state index in [0.29, 0.717) is 6.61 Å². The highest BCUT2D eigenvalue weighted by molar-refractivity contribution is 9.09. The lowest BCUT2D eigenvalue weighted by Gasteiger charge is -2.03. The Kier molecular flexibility index (Phi) is 7.69. The van der Waals surface area contributed by atoms with Crippen LogP contribution in [0.4, 0.5) is 0 Å². The van der Waals surface area contributed by atoms with Crippen LogP contribution in [0.3, 0.4) is 0 Å². The number of hydrogen-bond donors (Lipinski definition) is 0. The van der Waals surface area contributed by atoms with Crippen molar-refractivity contribution in [1.29, 1.82) is 0 Å². The first-order valence-electron chi connectivity index (χ1n) is 4.27. The summed E-state index contributed by atoms with van der Waals surface area (Å²) in [6.45, 7) is 4.36. The van der Waals surface area contributed by atoms with E-state index in [1.54, 1.807) is 0 Å². The van der Waals surface area contributed by atoms with Crippen LogP contribution < -0.4 is 0 Å². The molecule has 0 aromatic rings. The molecule has 0 atom stereocenters. The highest BCUT2D eigenvalue weighted by Gasteiger charge is 1.99. The summed E-state index contributed by atoms with van der Waals surface area (Å²) in [5.41, 5.74) is 1.04. The highest BCUT2D eigenvalue weighted by Crippen LogP contribution is 2.01. The lowest BCUT2D eigenvalue weighted by Crippen LogP contribution is -2.07. The molecule has 0 aromatic carbocycles. The van der Waals surface area contributed by atoms with Crippen molar-refractivity contribution in [3.05, 3.63) is 23.8 Å². The number of ether oxygens (including phenoxy) is 1. The maximum Gasteiger partial charge on any atom is 0.316 e. The molecule has 0 aromatic heterocycles. The quantitative estimate of drug-likeness (QED) is 0.424. The number of hydrogen-bond acceptors (Lipinski definition) is 2. The molecule has 0 saturated heterocycles. The van der Waals surface area contributed by atoms with Crippen LogP contribution in [0.15, 0.2) is 23.8 Å². The molecule has 2 nitrogen and oxygen atoms in total. The van der Waals surface area contributed by atoms with Gasteiger partial charge in [0, 0.05) is 0 Å². The molecule has 0 rings (SSSR count). The number of esters is 1. The summed E-state index contributed by atoms with van der Waals surface area (Å²) in [4.78, 5) is 10.8. The third kappa shape index (κ3) is 6.58. The van der Waals surface area contributed by atoms with Crippen molar-refractivity contribution in [3.63, 3.8) is 0 Å². The van der Waals surface area contributed by atoms with Gasteiger partial charge in [-0.3, -0.25) is 4.79 Å². The second kappa shape index (κ2) is 8.05. The van der Waals surface area contributed by atoms with Crippen molar-refractivity contribution >= 4 is 21.9 Å². The predicted molar refractivity (Wildman–Crippen MR) is 57.9 cm³/mol. The minimum absolute atomic E-state index is 0.230. The zero-order valence-electron chi connectivity index (χ0n) is 8.05. The van der Waals surface area contributed by atoms with Gasteiger partial charge >= 0.3 is 5.97 Å². The Morgan fingerprint density at radius 1 is 1.54 bits per heavy atom. The van der Waals surface area contributed by atoms with E-state index >= 15 is 0 Å². The number of rotatable bonds is 5. The van der Waals surface area contributed by atoms with E-state index < -0.39 is 0 Å². The van der Waals surface area contributed by atoms with Crippen LogP contribution in [0, 0.1) is 0 Å². The Hall–Kier alpha value is -0.570. The summed E-state index contributed by atoms with van der Waals surface area (Å²) < 4.78 is 4.95. The maximum atomic E-state index is 10.8. The fraction of sp³-hybridized carbons (Fsp3) is 0.500. The topological polar surface area (TPSA) is 26.3 Å². The summed E-state index contributed by atoms with van der Waals surface area (Å²) >= 11 is 3.03. The molecule has 0 saturated carbocycles. The second-order valence-corrected chi connectivity index (χ2v) is 3.04. The van der Waals surface area contributed by atoms with Crippen molar-refractivity contribution in [2.24, 2.45) is 0 Å². The first kappa shape index (κ1) is 12.4. The Bertz CT molecular complexity index is 207. The van der Waals surface area contributed by atoms with E-state index in [9.17, 15) is 4.79 Å². The molecule has 13 heavy (non-hydrogen) atoms. The largest absolute Gasteiger partial charge is 0.460 e. The molecule has 74 valence electrons. The van der Waals surface area contributed by atoms with Gasteiger partial charge in [-0.1, -0.05) is 41.1 Å². The number of carbonyl (C=O) groups excluding carboxylic acids is 1. The zero-order valence-corrected chi connectivity index (χ0v) is 9.63. The second-order valence-electron chi connectivity index (χ2n) is 2.48. The van der Waals surface area contributed by atoms with Gasteiger partial charge in [-0.15, -0.1) is 0 Å². The van der Waals surface area contributed by atoms with E-state index in [1.165, 1.54) is 0 Å². The van der Waals surface area contributed by atoms with Crippen molar-refractivity contribution in [1.82, 2.24) is 0 Å². The van der Waals surface area contributed by atoms with Gasteiger partial charge in [0.15, 0.2) is 0 Å². The molecule has 0 aliphatic rings. The molecule has 0 aliphatic carbocycles. The Balaban J connectivity index is 3.97. The lowest BCUT2D eigenvalue weighted by molar-refractivity contribution is -0.139. The first-order valence-corrected chi connectivity index (χ1v) is 5.40. The molecule has 0 fully saturated rings. The molecule has 0 N–H and O–H groups in total. The van der Waals surface area contributed by atoms with Gasteiger partial charge in [-0.25, -0.2) is 0 Å². The number of alkyl halides is 1. The van der Waals surface area contributed by atoms with Gasteiger partial charge in [0.2, 0.25) is 0 Å². The molecule has 0 aliphatic heterocycles. The summed E-state index contributed by atoms with van der Waals surface area (Å²) in [6, 6.07) is 0. The molecule has 3 heteroatoms. The van der Waals surface area contributed by atoms with Crippen molar-refractivity contribution in [2.75, 3.05) is 11.9 Å². The standard InChI is InChI=1S/C10H15BrO2/c1-3-5-9(6-4-2)8-13-10(12)7-11/h3,5-6H,4,7-8H2,1-2H3/b5-3-,9-6+. The number of allylic oxidation sites excluding steroid dienone is 2. The summed E-state index contributed by atoms with van der Waals surface area (Å²) in [5.74, 6) is -0.230. The van der Waals surface area contributed by atoms with Crippen LogP contribution in [-0.4, -0.2) is 17.9 Å². The van der Waals surface area contributed by atoms with Crippen molar-refractivity contribution in [2.45, 2.75) is 20.3 Å². The van der Waals surface area contributed by atoms with Crippen LogP contribution in [0.25, 0.3) is 0 Å². The summed E-state index contributed by atoms with van der Waals surface area (Å²) in [6.07, 6.45) is 6.88. The van der Waals surface area contributed by atoms with E-state index in [4.69, 9.17) is 4.74 Å². The molecule has 0 heterocycles. The van der Waals surface area contributed by atoms with Gasteiger partial charge < -0.3 is 4.74 Å². The van der Waals surface area contributed by atoms with Crippen LogP contribution in [0.5, 0.6) is 0 Å². The monoisotopic (exact) mass is 246 g/mol. The molecular formula is C10H15BrO2. The van der Waals surface area contributed by atoms with Crippen LogP contribution in [0.2, 0.25) is 0 Å². The Labute approximate surface area is 87.8 Å². The van der Waals surface area contributed by atoms with Crippen LogP contribution >= 0.6 is 15.9 Å². The maximum absolute atomic E-state index is 10.8. The molecule has 0 amide bonds. The molecule has 0 bridgehead atoms. The Morgan fingerprint density at radius 2 is 2.23 bits per heavy atom. The highest BCUT2D eigenvalue weighted by atomic mass is 79.9. The number of carbonyl (C=O) groups is 1. The molecule has 0 unspecified atom stereocenters. The van der Waals surface area contributed by atoms with Gasteiger partial charge in [0.05, 0.1) is 0 Å². The third-order valence-corrected chi connectivity index (χ3v) is 1.81. The lowest BCUT2D eigenvalue weighted by atomic mass is 10.2. The zero-order chi connectivity index (χ0) is 10.1. The summed E-state index contributed by atoms with van der Waals surface area (Å²) in [5, 5.41) is 0.252. The summed E-state index contributed by atoms with van der Waals surface area (Å²) in [7, 11) is 0. The van der Waals surface area contributed by atoms with E-state index in [0.717, 1.165) is 12.0 Å². The fourth-order valence-corrected chi connectivity index (χ4v) is 1.02.